The molecule has 7 nitrogen and oxygen atoms in total. The second kappa shape index (κ2) is 8.84. The number of nitrogens with zero attached hydrogens (tertiary/aromatic N) is 2. The van der Waals surface area contributed by atoms with Crippen LogP contribution in [0.2, 0.25) is 0 Å². The molecule has 158 valence electrons. The van der Waals surface area contributed by atoms with E-state index in [-0.39, 0.29) is 36.2 Å². The van der Waals surface area contributed by atoms with Crippen molar-refractivity contribution in [2.45, 2.75) is 58.2 Å². The fraction of sp³-hybridized carbons (Fsp3) is 0.591. The number of carbonyl (C=O) groups excluding carboxylic acids is 3. The summed E-state index contributed by atoms with van der Waals surface area (Å²) in [6, 6.07) is 6.93. The fourth-order valence-corrected chi connectivity index (χ4v) is 4.40. The van der Waals surface area contributed by atoms with Crippen LogP contribution in [0.1, 0.15) is 39.2 Å². The molecule has 3 amide bonds. The Bertz CT molecular complexity index is 762. The van der Waals surface area contributed by atoms with Crippen LogP contribution in [0.15, 0.2) is 24.3 Å². The highest BCUT2D eigenvalue weighted by Gasteiger charge is 2.46. The lowest BCUT2D eigenvalue weighted by molar-refractivity contribution is -0.154. The van der Waals surface area contributed by atoms with Crippen molar-refractivity contribution in [1.29, 1.82) is 0 Å². The first-order chi connectivity index (χ1) is 13.8. The molecule has 0 aliphatic carbocycles. The first-order valence-corrected chi connectivity index (χ1v) is 10.3. The molecule has 0 aromatic heterocycles. The van der Waals surface area contributed by atoms with Crippen molar-refractivity contribution in [3.05, 3.63) is 29.8 Å². The number of amides is 3. The van der Waals surface area contributed by atoms with E-state index in [4.69, 9.17) is 4.74 Å². The molecule has 0 spiro atoms. The van der Waals surface area contributed by atoms with E-state index in [2.05, 4.69) is 19.2 Å². The van der Waals surface area contributed by atoms with E-state index in [0.29, 0.717) is 31.8 Å². The molecule has 0 saturated carbocycles. The molecule has 2 saturated heterocycles. The number of piperazine rings is 1. The third kappa shape index (κ3) is 4.89. The van der Waals surface area contributed by atoms with Gasteiger partial charge in [-0.2, -0.15) is 0 Å². The summed E-state index contributed by atoms with van der Waals surface area (Å²) < 4.78 is 5.17. The maximum Gasteiger partial charge on any atom is 0.245 e. The molecular weight excluding hydrogens is 370 g/mol. The van der Waals surface area contributed by atoms with Crippen LogP contribution in [0.25, 0.3) is 0 Å². The Morgan fingerprint density at radius 2 is 1.90 bits per heavy atom. The summed E-state index contributed by atoms with van der Waals surface area (Å²) in [5.74, 6) is 0.930. The van der Waals surface area contributed by atoms with E-state index < -0.39 is 6.04 Å². The van der Waals surface area contributed by atoms with Crippen LogP contribution in [0.4, 0.5) is 0 Å². The Morgan fingerprint density at radius 3 is 2.48 bits per heavy atom. The van der Waals surface area contributed by atoms with Crippen molar-refractivity contribution in [1.82, 2.24) is 15.1 Å². The first kappa shape index (κ1) is 21.1. The smallest absolute Gasteiger partial charge is 0.245 e. The first-order valence-electron chi connectivity index (χ1n) is 10.3. The highest BCUT2D eigenvalue weighted by atomic mass is 16.5. The number of carbonyl (C=O) groups is 3. The van der Waals surface area contributed by atoms with E-state index in [1.807, 2.05) is 29.2 Å². The van der Waals surface area contributed by atoms with Gasteiger partial charge in [0.15, 0.2) is 0 Å². The van der Waals surface area contributed by atoms with Crippen molar-refractivity contribution in [2.24, 2.45) is 5.92 Å². The van der Waals surface area contributed by atoms with Gasteiger partial charge in [-0.05, 0) is 36.5 Å². The molecule has 2 aliphatic rings. The average Bonchev–Trinajstić information content (AvgIpc) is 3.06. The molecule has 3 atom stereocenters. The van der Waals surface area contributed by atoms with Crippen LogP contribution >= 0.6 is 0 Å². The molecule has 0 radical (unpaired) electrons. The molecule has 2 aliphatic heterocycles. The number of hydrogen-bond acceptors (Lipinski definition) is 4. The lowest BCUT2D eigenvalue weighted by atomic mass is 9.96. The Hall–Kier alpha value is -2.57. The van der Waals surface area contributed by atoms with Crippen molar-refractivity contribution in [2.75, 3.05) is 20.2 Å². The second-order valence-corrected chi connectivity index (χ2v) is 8.49. The summed E-state index contributed by atoms with van der Waals surface area (Å²) in [5, 5.41) is 2.92. The molecule has 3 unspecified atom stereocenters. The van der Waals surface area contributed by atoms with Crippen LogP contribution in [-0.2, 0) is 20.8 Å². The Kier molecular flexibility index (Phi) is 6.45. The SMILES string of the molecule is COc1ccc(CC(=O)N2CC3CC(NC(C)=O)CN3C(=O)C2CC(C)C)cc1. The second-order valence-electron chi connectivity index (χ2n) is 8.49. The molecule has 2 heterocycles. The van der Waals surface area contributed by atoms with E-state index in [0.717, 1.165) is 11.3 Å². The molecule has 2 fully saturated rings. The topological polar surface area (TPSA) is 79.0 Å². The summed E-state index contributed by atoms with van der Waals surface area (Å²) in [7, 11) is 1.61. The van der Waals surface area contributed by atoms with Crippen molar-refractivity contribution >= 4 is 17.7 Å². The summed E-state index contributed by atoms with van der Waals surface area (Å²) in [6.07, 6.45) is 1.58. The van der Waals surface area contributed by atoms with Crippen molar-refractivity contribution in [3.8, 4) is 5.75 Å². The quantitative estimate of drug-likeness (QED) is 0.785. The summed E-state index contributed by atoms with van der Waals surface area (Å²) in [6.45, 7) is 6.67. The minimum atomic E-state index is -0.437. The van der Waals surface area contributed by atoms with Gasteiger partial charge in [0.25, 0.3) is 0 Å². The summed E-state index contributed by atoms with van der Waals surface area (Å²) in [4.78, 5) is 41.5. The summed E-state index contributed by atoms with van der Waals surface area (Å²) >= 11 is 0. The van der Waals surface area contributed by atoms with Gasteiger partial charge < -0.3 is 19.9 Å². The normalized spacial score (nSPS) is 23.9. The molecule has 1 aromatic rings. The number of hydrogen-bond donors (Lipinski definition) is 1. The number of nitrogens with one attached hydrogen (secondary N) is 1. The maximum absolute atomic E-state index is 13.2. The zero-order chi connectivity index (χ0) is 21.1. The van der Waals surface area contributed by atoms with E-state index in [1.165, 1.54) is 6.92 Å². The third-order valence-corrected chi connectivity index (χ3v) is 5.70. The van der Waals surface area contributed by atoms with Crippen LogP contribution in [0.5, 0.6) is 5.75 Å². The lowest BCUT2D eigenvalue weighted by Crippen LogP contribution is -2.61. The van der Waals surface area contributed by atoms with Gasteiger partial charge in [0, 0.05) is 26.1 Å². The van der Waals surface area contributed by atoms with Gasteiger partial charge in [-0.25, -0.2) is 0 Å². The van der Waals surface area contributed by atoms with Gasteiger partial charge in [0.2, 0.25) is 17.7 Å². The van der Waals surface area contributed by atoms with Gasteiger partial charge in [-0.15, -0.1) is 0 Å². The van der Waals surface area contributed by atoms with E-state index in [1.54, 1.807) is 12.0 Å². The average molecular weight is 402 g/mol. The fourth-order valence-electron chi connectivity index (χ4n) is 4.40. The number of benzene rings is 1. The highest BCUT2D eigenvalue weighted by molar-refractivity contribution is 5.90. The molecule has 1 aromatic carbocycles. The molecule has 3 rings (SSSR count). The summed E-state index contributed by atoms with van der Waals surface area (Å²) in [5.41, 5.74) is 0.900. The molecule has 1 N–H and O–H groups in total. The molecule has 29 heavy (non-hydrogen) atoms. The molecular formula is C22H31N3O4. The monoisotopic (exact) mass is 401 g/mol. The van der Waals surface area contributed by atoms with E-state index in [9.17, 15) is 14.4 Å². The number of ether oxygens (including phenoxy) is 1. The largest absolute Gasteiger partial charge is 0.497 e. The number of rotatable bonds is 6. The maximum atomic E-state index is 13.2. The Balaban J connectivity index is 1.76. The van der Waals surface area contributed by atoms with Crippen LogP contribution in [0, 0.1) is 5.92 Å². The minimum Gasteiger partial charge on any atom is -0.497 e. The standard InChI is InChI=1S/C22H31N3O4/c1-14(2)9-20-22(28)24-12-17(23-15(3)26)11-18(24)13-25(20)21(27)10-16-5-7-19(29-4)8-6-16/h5-8,14,17-18,20H,9-13H2,1-4H3,(H,23,26). The molecule has 0 bridgehead atoms. The predicted molar refractivity (Wildman–Crippen MR) is 109 cm³/mol. The van der Waals surface area contributed by atoms with Crippen LogP contribution in [-0.4, -0.2) is 65.8 Å². The number of methoxy groups -OCH3 is 1. The zero-order valence-corrected chi connectivity index (χ0v) is 17.7. The Morgan fingerprint density at radius 1 is 1.21 bits per heavy atom. The Labute approximate surface area is 172 Å². The van der Waals surface area contributed by atoms with E-state index >= 15 is 0 Å². The van der Waals surface area contributed by atoms with Gasteiger partial charge in [-0.1, -0.05) is 26.0 Å². The predicted octanol–water partition coefficient (Wildman–Crippen LogP) is 1.60. The number of fused-ring (bicyclic) bond motifs is 1. The third-order valence-electron chi connectivity index (χ3n) is 5.70. The minimum absolute atomic E-state index is 0.00545. The van der Waals surface area contributed by atoms with Crippen molar-refractivity contribution in [3.63, 3.8) is 0 Å². The van der Waals surface area contributed by atoms with Crippen molar-refractivity contribution < 1.29 is 19.1 Å². The van der Waals surface area contributed by atoms with Gasteiger partial charge in [0.1, 0.15) is 11.8 Å². The van der Waals surface area contributed by atoms with Crippen LogP contribution < -0.4 is 10.1 Å². The van der Waals surface area contributed by atoms with Gasteiger partial charge in [0.05, 0.1) is 19.6 Å². The van der Waals surface area contributed by atoms with Crippen LogP contribution in [0.3, 0.4) is 0 Å². The highest BCUT2D eigenvalue weighted by Crippen LogP contribution is 2.29. The molecule has 7 heteroatoms. The van der Waals surface area contributed by atoms with Gasteiger partial charge in [-0.3, -0.25) is 14.4 Å². The lowest BCUT2D eigenvalue weighted by Gasteiger charge is -2.43. The zero-order valence-electron chi connectivity index (χ0n) is 17.7. The van der Waals surface area contributed by atoms with Gasteiger partial charge >= 0.3 is 0 Å².